The predicted molar refractivity (Wildman–Crippen MR) is 96.5 cm³/mol. The molecule has 2 rings (SSSR count). The monoisotopic (exact) mass is 345 g/mol. The van der Waals surface area contributed by atoms with E-state index in [-0.39, 0.29) is 5.91 Å². The van der Waals surface area contributed by atoms with Gasteiger partial charge in [-0.1, -0.05) is 35.9 Å². The Hall–Kier alpha value is -2.46. The molecule has 0 spiro atoms. The molecule has 2 aromatic rings. The van der Waals surface area contributed by atoms with Crippen molar-refractivity contribution in [1.29, 1.82) is 0 Å². The Kier molecular flexibility index (Phi) is 6.27. The molecule has 24 heavy (non-hydrogen) atoms. The van der Waals surface area contributed by atoms with Crippen LogP contribution in [0.2, 0.25) is 5.02 Å². The quantitative estimate of drug-likeness (QED) is 0.742. The van der Waals surface area contributed by atoms with E-state index in [4.69, 9.17) is 21.1 Å². The maximum atomic E-state index is 12.3. The highest BCUT2D eigenvalue weighted by atomic mass is 35.5. The summed E-state index contributed by atoms with van der Waals surface area (Å²) in [5.74, 6) is 1.18. The van der Waals surface area contributed by atoms with Gasteiger partial charge in [-0.15, -0.1) is 0 Å². The zero-order valence-corrected chi connectivity index (χ0v) is 14.7. The summed E-state index contributed by atoms with van der Waals surface area (Å²) in [7, 11) is 4.92. The van der Waals surface area contributed by atoms with Gasteiger partial charge in [0.25, 0.3) is 0 Å². The van der Waals surface area contributed by atoms with Crippen molar-refractivity contribution in [3.63, 3.8) is 0 Å². The lowest BCUT2D eigenvalue weighted by Gasteiger charge is -2.18. The van der Waals surface area contributed by atoms with Gasteiger partial charge in [-0.05, 0) is 29.8 Å². The Bertz CT molecular complexity index is 726. The number of hydrogen-bond donors (Lipinski definition) is 0. The van der Waals surface area contributed by atoms with Gasteiger partial charge >= 0.3 is 0 Å². The van der Waals surface area contributed by atoms with Crippen molar-refractivity contribution in [1.82, 2.24) is 4.90 Å². The second kappa shape index (κ2) is 8.41. The summed E-state index contributed by atoms with van der Waals surface area (Å²) in [6, 6.07) is 12.9. The van der Waals surface area contributed by atoms with Gasteiger partial charge in [-0.25, -0.2) is 0 Å². The number of methoxy groups -OCH3 is 2. The lowest BCUT2D eigenvalue weighted by atomic mass is 10.1. The molecular weight excluding hydrogens is 326 g/mol. The van der Waals surface area contributed by atoms with E-state index >= 15 is 0 Å². The second-order valence-corrected chi connectivity index (χ2v) is 5.67. The van der Waals surface area contributed by atoms with Gasteiger partial charge in [0.15, 0.2) is 11.5 Å². The number of halogens is 1. The molecule has 0 saturated carbocycles. The second-order valence-electron chi connectivity index (χ2n) is 5.23. The van der Waals surface area contributed by atoms with Crippen molar-refractivity contribution in [2.75, 3.05) is 21.3 Å². The van der Waals surface area contributed by atoms with Crippen LogP contribution in [0.4, 0.5) is 0 Å². The summed E-state index contributed by atoms with van der Waals surface area (Å²) in [5, 5.41) is 0.667. The molecule has 0 saturated heterocycles. The zero-order chi connectivity index (χ0) is 17.5. The maximum Gasteiger partial charge on any atom is 0.246 e. The first-order valence-electron chi connectivity index (χ1n) is 7.43. The van der Waals surface area contributed by atoms with Crippen LogP contribution in [0.15, 0.2) is 48.5 Å². The highest BCUT2D eigenvalue weighted by Gasteiger charge is 2.13. The highest BCUT2D eigenvalue weighted by molar-refractivity contribution is 6.30. The van der Waals surface area contributed by atoms with Crippen LogP contribution in [0.3, 0.4) is 0 Å². The summed E-state index contributed by atoms with van der Waals surface area (Å²) >= 11 is 5.85. The van der Waals surface area contributed by atoms with Crippen LogP contribution in [0.1, 0.15) is 11.1 Å². The molecular formula is C19H20ClNO3. The number of carbonyl (C=O) groups excluding carboxylic acids is 1. The molecule has 0 bridgehead atoms. The Morgan fingerprint density at radius 3 is 2.46 bits per heavy atom. The number of rotatable bonds is 6. The van der Waals surface area contributed by atoms with Gasteiger partial charge < -0.3 is 14.4 Å². The van der Waals surface area contributed by atoms with E-state index in [0.717, 1.165) is 11.1 Å². The fourth-order valence-corrected chi connectivity index (χ4v) is 2.41. The van der Waals surface area contributed by atoms with Crippen molar-refractivity contribution >= 4 is 23.6 Å². The number of hydrogen-bond acceptors (Lipinski definition) is 3. The van der Waals surface area contributed by atoms with Crippen molar-refractivity contribution < 1.29 is 14.3 Å². The third-order valence-corrected chi connectivity index (χ3v) is 3.81. The molecule has 0 aliphatic carbocycles. The largest absolute Gasteiger partial charge is 0.493 e. The van der Waals surface area contributed by atoms with Crippen molar-refractivity contribution in [2.24, 2.45) is 0 Å². The summed E-state index contributed by atoms with van der Waals surface area (Å²) in [6.45, 7) is 0.421. The summed E-state index contributed by atoms with van der Waals surface area (Å²) < 4.78 is 10.7. The predicted octanol–water partition coefficient (Wildman–Crippen LogP) is 4.03. The van der Waals surface area contributed by atoms with Crippen LogP contribution in [0, 0.1) is 0 Å². The fraction of sp³-hybridized carbons (Fsp3) is 0.211. The molecule has 5 heteroatoms. The van der Waals surface area contributed by atoms with Gasteiger partial charge in [0.1, 0.15) is 0 Å². The number of carbonyl (C=O) groups is 1. The molecule has 0 unspecified atom stereocenters. The Balaban J connectivity index is 2.08. The molecule has 0 N–H and O–H groups in total. The first-order valence-corrected chi connectivity index (χ1v) is 7.81. The summed E-state index contributed by atoms with van der Waals surface area (Å²) in [5.41, 5.74) is 1.80. The number of nitrogens with zero attached hydrogens (tertiary/aromatic N) is 1. The van der Waals surface area contributed by atoms with E-state index < -0.39 is 0 Å². The average molecular weight is 346 g/mol. The first-order chi connectivity index (χ1) is 11.5. The molecule has 2 aromatic carbocycles. The summed E-state index contributed by atoms with van der Waals surface area (Å²) in [4.78, 5) is 13.9. The topological polar surface area (TPSA) is 38.8 Å². The molecule has 0 atom stereocenters. The maximum absolute atomic E-state index is 12.3. The number of amides is 1. The molecule has 126 valence electrons. The Morgan fingerprint density at radius 2 is 1.83 bits per heavy atom. The van der Waals surface area contributed by atoms with Gasteiger partial charge in [0.05, 0.1) is 14.2 Å². The molecule has 0 aromatic heterocycles. The average Bonchev–Trinajstić information content (AvgIpc) is 2.60. The standard InChI is InChI=1S/C19H20ClNO3/c1-21(13-15-5-4-6-17(23-2)19(15)24-3)18(22)12-9-14-7-10-16(20)11-8-14/h4-12H,13H2,1-3H3/b12-9+. The zero-order valence-electron chi connectivity index (χ0n) is 14.0. The molecule has 0 aliphatic heterocycles. The van der Waals surface area contributed by atoms with Gasteiger partial charge in [0, 0.05) is 30.3 Å². The number of likely N-dealkylation sites (N-methyl/N-ethyl adjacent to an activating group) is 1. The highest BCUT2D eigenvalue weighted by Crippen LogP contribution is 2.31. The van der Waals surface area contributed by atoms with E-state index in [0.29, 0.717) is 23.1 Å². The summed E-state index contributed by atoms with van der Waals surface area (Å²) in [6.07, 6.45) is 3.30. The smallest absolute Gasteiger partial charge is 0.246 e. The lowest BCUT2D eigenvalue weighted by molar-refractivity contribution is -0.125. The Labute approximate surface area is 147 Å². The molecule has 0 fully saturated rings. The first kappa shape index (κ1) is 17.9. The lowest BCUT2D eigenvalue weighted by Crippen LogP contribution is -2.24. The van der Waals surface area contributed by atoms with Gasteiger partial charge in [0.2, 0.25) is 5.91 Å². The number of ether oxygens (including phenoxy) is 2. The van der Waals surface area contributed by atoms with Crippen LogP contribution in [-0.2, 0) is 11.3 Å². The van der Waals surface area contributed by atoms with E-state index in [1.807, 2.05) is 30.3 Å². The van der Waals surface area contributed by atoms with Crippen LogP contribution in [0.25, 0.3) is 6.08 Å². The van der Waals surface area contributed by atoms with Crippen LogP contribution in [0.5, 0.6) is 11.5 Å². The Morgan fingerprint density at radius 1 is 1.12 bits per heavy atom. The molecule has 0 aliphatic rings. The minimum atomic E-state index is -0.102. The molecule has 4 nitrogen and oxygen atoms in total. The van der Waals surface area contributed by atoms with E-state index in [1.165, 1.54) is 6.08 Å². The third-order valence-electron chi connectivity index (χ3n) is 3.56. The van der Waals surface area contributed by atoms with E-state index in [1.54, 1.807) is 44.4 Å². The minimum Gasteiger partial charge on any atom is -0.493 e. The van der Waals surface area contributed by atoms with Gasteiger partial charge in [-0.3, -0.25) is 4.79 Å². The van der Waals surface area contributed by atoms with Crippen molar-refractivity contribution in [2.45, 2.75) is 6.54 Å². The van der Waals surface area contributed by atoms with Crippen molar-refractivity contribution in [3.05, 3.63) is 64.7 Å². The third kappa shape index (κ3) is 4.52. The van der Waals surface area contributed by atoms with Crippen LogP contribution in [-0.4, -0.2) is 32.1 Å². The SMILES string of the molecule is COc1cccc(CN(C)C(=O)/C=C/c2ccc(Cl)cc2)c1OC. The van der Waals surface area contributed by atoms with Gasteiger partial charge in [-0.2, -0.15) is 0 Å². The van der Waals surface area contributed by atoms with E-state index in [9.17, 15) is 4.79 Å². The molecule has 1 amide bonds. The van der Waals surface area contributed by atoms with E-state index in [2.05, 4.69) is 0 Å². The fourth-order valence-electron chi connectivity index (χ4n) is 2.28. The van der Waals surface area contributed by atoms with Crippen LogP contribution < -0.4 is 9.47 Å². The molecule has 0 radical (unpaired) electrons. The van der Waals surface area contributed by atoms with Crippen molar-refractivity contribution in [3.8, 4) is 11.5 Å². The number of benzene rings is 2. The normalized spacial score (nSPS) is 10.7. The van der Waals surface area contributed by atoms with Crippen LogP contribution >= 0.6 is 11.6 Å². The minimum absolute atomic E-state index is 0.102. The number of para-hydroxylation sites is 1. The molecule has 0 heterocycles.